The molecule has 6 heteroatoms. The fourth-order valence-electron chi connectivity index (χ4n) is 2.61. The van der Waals surface area contributed by atoms with Crippen LogP contribution in [0.3, 0.4) is 0 Å². The van der Waals surface area contributed by atoms with Gasteiger partial charge in [-0.05, 0) is 27.7 Å². The summed E-state index contributed by atoms with van der Waals surface area (Å²) < 4.78 is 0. The summed E-state index contributed by atoms with van der Waals surface area (Å²) in [4.78, 5) is 13.2. The minimum Gasteiger partial charge on any atom is -0.389 e. The molecular weight excluding hydrogens is 254 g/mol. The highest BCUT2D eigenvalue weighted by atomic mass is 16.3. The number of nitrogens with zero attached hydrogens (tertiary/aromatic N) is 4. The smallest absolute Gasteiger partial charge is 0.137 e. The molecule has 20 heavy (non-hydrogen) atoms. The fraction of sp³-hybridized carbons (Fsp3) is 0.714. The van der Waals surface area contributed by atoms with Crippen LogP contribution in [-0.2, 0) is 0 Å². The maximum atomic E-state index is 9.88. The number of nitrogens with two attached hydrogens (primary N) is 1. The Morgan fingerprint density at radius 3 is 2.30 bits per heavy atom. The Hall–Kier alpha value is -1.40. The second-order valence-electron chi connectivity index (χ2n) is 6.18. The van der Waals surface area contributed by atoms with Gasteiger partial charge in [0.1, 0.15) is 17.5 Å². The molecule has 1 aromatic heterocycles. The van der Waals surface area contributed by atoms with E-state index in [1.165, 1.54) is 0 Å². The van der Waals surface area contributed by atoms with E-state index >= 15 is 0 Å². The van der Waals surface area contributed by atoms with Crippen LogP contribution >= 0.6 is 0 Å². The number of aromatic nitrogens is 2. The molecule has 0 spiro atoms. The van der Waals surface area contributed by atoms with E-state index in [0.717, 1.165) is 37.6 Å². The summed E-state index contributed by atoms with van der Waals surface area (Å²) in [6.45, 7) is 11.9. The molecule has 0 aliphatic carbocycles. The first-order valence-electron chi connectivity index (χ1n) is 7.07. The molecule has 1 aromatic rings. The third-order valence-electron chi connectivity index (χ3n) is 3.55. The number of β-amino-alcohol motifs (C(OH)–C–C–N with tert-alkyl or cyclic N) is 1. The number of anilines is 2. The van der Waals surface area contributed by atoms with Crippen molar-refractivity contribution >= 4 is 11.6 Å². The first-order chi connectivity index (χ1) is 9.26. The Kier molecular flexibility index (Phi) is 4.15. The van der Waals surface area contributed by atoms with Gasteiger partial charge in [0.15, 0.2) is 0 Å². The molecule has 2 heterocycles. The summed E-state index contributed by atoms with van der Waals surface area (Å²) in [7, 11) is 0. The summed E-state index contributed by atoms with van der Waals surface area (Å²) >= 11 is 0. The van der Waals surface area contributed by atoms with Gasteiger partial charge in [0.25, 0.3) is 0 Å². The number of aliphatic hydroxyl groups is 1. The molecule has 0 atom stereocenters. The lowest BCUT2D eigenvalue weighted by atomic mass is 10.1. The normalized spacial score (nSPS) is 17.6. The first-order valence-corrected chi connectivity index (χ1v) is 7.07. The van der Waals surface area contributed by atoms with Gasteiger partial charge in [0.2, 0.25) is 0 Å². The summed E-state index contributed by atoms with van der Waals surface area (Å²) in [6, 6.07) is 0. The number of hydrogen-bond acceptors (Lipinski definition) is 6. The predicted octanol–water partition coefficient (Wildman–Crippen LogP) is 0.569. The largest absolute Gasteiger partial charge is 0.389 e. The molecule has 2 rings (SSSR count). The van der Waals surface area contributed by atoms with E-state index < -0.39 is 5.60 Å². The SMILES string of the molecule is Cc1nc(N)c(C)c(N2CCN(CC(C)(C)O)CC2)n1. The van der Waals surface area contributed by atoms with E-state index in [0.29, 0.717) is 18.2 Å². The molecule has 1 saturated heterocycles. The quantitative estimate of drug-likeness (QED) is 0.842. The molecule has 1 aliphatic rings. The van der Waals surface area contributed by atoms with Crippen molar-refractivity contribution in [3.63, 3.8) is 0 Å². The molecule has 0 bridgehead atoms. The highest BCUT2D eigenvalue weighted by molar-refractivity contribution is 5.56. The average molecular weight is 279 g/mol. The van der Waals surface area contributed by atoms with Crippen molar-refractivity contribution < 1.29 is 5.11 Å². The number of rotatable bonds is 3. The third kappa shape index (κ3) is 3.58. The van der Waals surface area contributed by atoms with Crippen LogP contribution in [0.4, 0.5) is 11.6 Å². The molecule has 3 N–H and O–H groups in total. The molecule has 1 aliphatic heterocycles. The van der Waals surface area contributed by atoms with Crippen LogP contribution in [0.1, 0.15) is 25.2 Å². The molecule has 0 amide bonds. The summed E-state index contributed by atoms with van der Waals surface area (Å²) in [5, 5.41) is 9.88. The van der Waals surface area contributed by atoms with Crippen LogP contribution in [-0.4, -0.2) is 58.3 Å². The lowest BCUT2D eigenvalue weighted by Crippen LogP contribution is -2.50. The number of aryl methyl sites for hydroxylation is 1. The predicted molar refractivity (Wildman–Crippen MR) is 80.9 cm³/mol. The minimum absolute atomic E-state index is 0.562. The Morgan fingerprint density at radius 1 is 1.15 bits per heavy atom. The van der Waals surface area contributed by atoms with Crippen molar-refractivity contribution in [3.8, 4) is 0 Å². The second-order valence-corrected chi connectivity index (χ2v) is 6.18. The van der Waals surface area contributed by atoms with Crippen LogP contribution in [0, 0.1) is 13.8 Å². The summed E-state index contributed by atoms with van der Waals surface area (Å²) in [6.07, 6.45) is 0. The van der Waals surface area contributed by atoms with Crippen molar-refractivity contribution in [1.82, 2.24) is 14.9 Å². The van der Waals surface area contributed by atoms with E-state index in [4.69, 9.17) is 5.73 Å². The topological polar surface area (TPSA) is 78.5 Å². The molecule has 1 fully saturated rings. The van der Waals surface area contributed by atoms with Crippen molar-refractivity contribution in [2.45, 2.75) is 33.3 Å². The highest BCUT2D eigenvalue weighted by Crippen LogP contribution is 2.22. The number of hydrogen-bond donors (Lipinski definition) is 2. The van der Waals surface area contributed by atoms with Gasteiger partial charge >= 0.3 is 0 Å². The van der Waals surface area contributed by atoms with Gasteiger partial charge in [-0.2, -0.15) is 0 Å². The van der Waals surface area contributed by atoms with Crippen LogP contribution in [0.2, 0.25) is 0 Å². The molecular formula is C14H25N5O. The van der Waals surface area contributed by atoms with Gasteiger partial charge in [-0.15, -0.1) is 0 Å². The molecule has 0 saturated carbocycles. The Labute approximate surface area is 120 Å². The zero-order valence-corrected chi connectivity index (χ0v) is 12.8. The zero-order chi connectivity index (χ0) is 14.9. The first kappa shape index (κ1) is 15.0. The lowest BCUT2D eigenvalue weighted by molar-refractivity contribution is 0.0344. The summed E-state index contributed by atoms with van der Waals surface area (Å²) in [5.41, 5.74) is 6.22. The van der Waals surface area contributed by atoms with E-state index in [9.17, 15) is 5.11 Å². The van der Waals surface area contributed by atoms with E-state index in [-0.39, 0.29) is 0 Å². The maximum Gasteiger partial charge on any atom is 0.137 e. The second kappa shape index (κ2) is 5.54. The molecule has 112 valence electrons. The molecule has 6 nitrogen and oxygen atoms in total. The van der Waals surface area contributed by atoms with Crippen LogP contribution in [0.15, 0.2) is 0 Å². The van der Waals surface area contributed by atoms with E-state index in [1.54, 1.807) is 0 Å². The molecule has 0 unspecified atom stereocenters. The van der Waals surface area contributed by atoms with Crippen molar-refractivity contribution in [2.75, 3.05) is 43.4 Å². The maximum absolute atomic E-state index is 9.88. The van der Waals surface area contributed by atoms with E-state index in [1.807, 2.05) is 27.7 Å². The van der Waals surface area contributed by atoms with Crippen LogP contribution < -0.4 is 10.6 Å². The van der Waals surface area contributed by atoms with Crippen molar-refractivity contribution in [1.29, 1.82) is 0 Å². The number of piperazine rings is 1. The summed E-state index contributed by atoms with van der Waals surface area (Å²) in [5.74, 6) is 2.21. The zero-order valence-electron chi connectivity index (χ0n) is 12.8. The van der Waals surface area contributed by atoms with Gasteiger partial charge in [-0.25, -0.2) is 9.97 Å². The van der Waals surface area contributed by atoms with Gasteiger partial charge in [0, 0.05) is 38.3 Å². The van der Waals surface area contributed by atoms with Gasteiger partial charge < -0.3 is 15.7 Å². The van der Waals surface area contributed by atoms with Gasteiger partial charge in [0.05, 0.1) is 5.60 Å². The van der Waals surface area contributed by atoms with Crippen molar-refractivity contribution in [2.24, 2.45) is 0 Å². The van der Waals surface area contributed by atoms with Crippen LogP contribution in [0.25, 0.3) is 0 Å². The minimum atomic E-state index is -0.645. The fourth-order valence-corrected chi connectivity index (χ4v) is 2.61. The van der Waals surface area contributed by atoms with Crippen molar-refractivity contribution in [3.05, 3.63) is 11.4 Å². The van der Waals surface area contributed by atoms with E-state index in [2.05, 4.69) is 19.8 Å². The molecule has 0 radical (unpaired) electrons. The Bertz CT molecular complexity index is 475. The Balaban J connectivity index is 2.04. The third-order valence-corrected chi connectivity index (χ3v) is 3.55. The number of nitrogen functional groups attached to an aromatic ring is 1. The van der Waals surface area contributed by atoms with Gasteiger partial charge in [-0.3, -0.25) is 4.90 Å². The highest BCUT2D eigenvalue weighted by Gasteiger charge is 2.24. The lowest BCUT2D eigenvalue weighted by Gasteiger charge is -2.38. The standard InChI is InChI=1S/C14H25N5O/c1-10-12(15)16-11(2)17-13(10)19-7-5-18(6-8-19)9-14(3,4)20/h20H,5-9H2,1-4H3,(H2,15,16,17). The average Bonchev–Trinajstić information content (AvgIpc) is 2.33. The molecule has 0 aromatic carbocycles. The van der Waals surface area contributed by atoms with Gasteiger partial charge in [-0.1, -0.05) is 0 Å². The Morgan fingerprint density at radius 2 is 1.75 bits per heavy atom. The van der Waals surface area contributed by atoms with Crippen LogP contribution in [0.5, 0.6) is 0 Å². The monoisotopic (exact) mass is 279 g/mol.